The zero-order valence-electron chi connectivity index (χ0n) is 17.9. The number of allylic oxidation sites excluding steroid dienone is 5. The molecule has 9 heteroatoms. The number of fused-ring (bicyclic) bond motifs is 1. The number of rotatable bonds is 9. The Morgan fingerprint density at radius 2 is 2.19 bits per heavy atom. The van der Waals surface area contributed by atoms with Gasteiger partial charge in [-0.05, 0) is 48.6 Å². The van der Waals surface area contributed by atoms with Crippen molar-refractivity contribution >= 4 is 28.3 Å². The predicted octanol–water partition coefficient (Wildman–Crippen LogP) is 4.85. The largest absolute Gasteiger partial charge is 0.461 e. The fraction of sp³-hybridized carbons (Fsp3) is 0.391. The first-order chi connectivity index (χ1) is 15.3. The van der Waals surface area contributed by atoms with Gasteiger partial charge in [0.15, 0.2) is 5.65 Å². The van der Waals surface area contributed by atoms with E-state index in [1.54, 1.807) is 24.3 Å². The number of nitrogens with one attached hydrogen (secondary N) is 1. The lowest BCUT2D eigenvalue weighted by atomic mass is 9.91. The van der Waals surface area contributed by atoms with Crippen molar-refractivity contribution in [3.63, 3.8) is 0 Å². The quantitative estimate of drug-likeness (QED) is 0.460. The number of aromatic amines is 1. The molecular weight excluding hydrogens is 440 g/mol. The van der Waals surface area contributed by atoms with Gasteiger partial charge in [0.1, 0.15) is 12.7 Å². The fourth-order valence-corrected chi connectivity index (χ4v) is 3.66. The van der Waals surface area contributed by atoms with Gasteiger partial charge in [-0.25, -0.2) is 13.8 Å². The highest BCUT2D eigenvalue weighted by Crippen LogP contribution is 2.32. The third kappa shape index (κ3) is 5.62. The standard InChI is InChI=1S/C23H26ClF2N3O3/c1-3-14(12-30)13(2)5-4-10-32-23-27-18-11-17(24)19(28-22(18)29-23)15-6-8-16(9-7-15)20(31)21(25)26/h4-8,11,16,20-21,30-31H,3,9-10,12H2,1-2H3,(H,27,28,29). The van der Waals surface area contributed by atoms with Crippen LogP contribution in [0.3, 0.4) is 0 Å². The topological polar surface area (TPSA) is 91.3 Å². The van der Waals surface area contributed by atoms with E-state index in [-0.39, 0.29) is 25.6 Å². The fourth-order valence-electron chi connectivity index (χ4n) is 3.40. The number of nitrogens with zero attached hydrogens (tertiary/aromatic N) is 2. The summed E-state index contributed by atoms with van der Waals surface area (Å²) in [6.45, 7) is 4.24. The first-order valence-corrected chi connectivity index (χ1v) is 10.7. The van der Waals surface area contributed by atoms with Crippen molar-refractivity contribution in [2.24, 2.45) is 5.92 Å². The average Bonchev–Trinajstić information content (AvgIpc) is 3.18. The molecule has 0 radical (unpaired) electrons. The van der Waals surface area contributed by atoms with Crippen LogP contribution in [0, 0.1) is 5.92 Å². The summed E-state index contributed by atoms with van der Waals surface area (Å²) in [5.41, 5.74) is 4.15. The molecule has 0 saturated carbocycles. The Kier molecular flexibility index (Phi) is 8.17. The van der Waals surface area contributed by atoms with Crippen LogP contribution in [0.25, 0.3) is 16.7 Å². The van der Waals surface area contributed by atoms with Crippen molar-refractivity contribution in [2.75, 3.05) is 13.2 Å². The molecule has 2 aromatic heterocycles. The maximum atomic E-state index is 12.7. The number of aliphatic hydroxyl groups is 2. The lowest BCUT2D eigenvalue weighted by molar-refractivity contribution is -0.0271. The molecule has 0 fully saturated rings. The Morgan fingerprint density at radius 3 is 2.81 bits per heavy atom. The smallest absolute Gasteiger partial charge is 0.296 e. The highest BCUT2D eigenvalue weighted by atomic mass is 35.5. The first-order valence-electron chi connectivity index (χ1n) is 10.3. The number of hydrogen-bond acceptors (Lipinski definition) is 5. The molecule has 0 aromatic carbocycles. The number of imidazole rings is 1. The van der Waals surface area contributed by atoms with E-state index in [1.165, 1.54) is 0 Å². The molecule has 2 heterocycles. The number of alkyl halides is 2. The van der Waals surface area contributed by atoms with Crippen LogP contribution in [0.1, 0.15) is 32.4 Å². The van der Waals surface area contributed by atoms with Crippen molar-refractivity contribution in [3.8, 4) is 6.01 Å². The van der Waals surface area contributed by atoms with Gasteiger partial charge in [0.25, 0.3) is 12.4 Å². The van der Waals surface area contributed by atoms with Crippen LogP contribution in [-0.2, 0) is 0 Å². The molecule has 2 atom stereocenters. The molecule has 0 aliphatic heterocycles. The van der Waals surface area contributed by atoms with E-state index in [9.17, 15) is 19.0 Å². The molecule has 0 saturated heterocycles. The molecule has 0 amide bonds. The highest BCUT2D eigenvalue weighted by Gasteiger charge is 2.27. The Morgan fingerprint density at radius 1 is 1.41 bits per heavy atom. The second-order valence-electron chi connectivity index (χ2n) is 7.49. The second kappa shape index (κ2) is 10.8. The maximum Gasteiger partial charge on any atom is 0.296 e. The summed E-state index contributed by atoms with van der Waals surface area (Å²) in [5.74, 6) is -0.649. The number of pyridine rings is 1. The number of ether oxygens (including phenoxy) is 1. The third-order valence-electron chi connectivity index (χ3n) is 5.37. The van der Waals surface area contributed by atoms with E-state index < -0.39 is 18.4 Å². The Hall–Kier alpha value is -2.55. The number of halogens is 3. The lowest BCUT2D eigenvalue weighted by Gasteiger charge is -2.21. The Balaban J connectivity index is 1.71. The average molecular weight is 466 g/mol. The van der Waals surface area contributed by atoms with Crippen LogP contribution >= 0.6 is 11.6 Å². The van der Waals surface area contributed by atoms with E-state index in [0.717, 1.165) is 17.6 Å². The van der Waals surface area contributed by atoms with Gasteiger partial charge in [-0.2, -0.15) is 4.98 Å². The predicted molar refractivity (Wildman–Crippen MR) is 121 cm³/mol. The molecule has 2 unspecified atom stereocenters. The Bertz CT molecular complexity index is 1070. The molecule has 1 aliphatic carbocycles. The van der Waals surface area contributed by atoms with E-state index in [1.807, 2.05) is 26.0 Å². The van der Waals surface area contributed by atoms with Crippen LogP contribution in [-0.4, -0.2) is 50.9 Å². The van der Waals surface area contributed by atoms with E-state index in [4.69, 9.17) is 16.3 Å². The molecular formula is C23H26ClF2N3O3. The van der Waals surface area contributed by atoms with Crippen molar-refractivity contribution in [2.45, 2.75) is 39.2 Å². The minimum atomic E-state index is -2.79. The van der Waals surface area contributed by atoms with Gasteiger partial charge >= 0.3 is 0 Å². The van der Waals surface area contributed by atoms with Crippen molar-refractivity contribution < 1.29 is 23.7 Å². The summed E-state index contributed by atoms with van der Waals surface area (Å²) in [4.78, 5) is 11.8. The molecule has 6 nitrogen and oxygen atoms in total. The molecule has 0 spiro atoms. The summed E-state index contributed by atoms with van der Waals surface area (Å²) in [5, 5.41) is 19.2. The number of aliphatic hydroxyl groups excluding tert-OH is 2. The molecule has 2 aromatic rings. The maximum absolute atomic E-state index is 12.7. The third-order valence-corrected chi connectivity index (χ3v) is 5.66. The van der Waals surface area contributed by atoms with Crippen LogP contribution in [0.4, 0.5) is 8.78 Å². The molecule has 3 N–H and O–H groups in total. The molecule has 1 aliphatic rings. The van der Waals surface area contributed by atoms with Gasteiger partial charge in [-0.1, -0.05) is 42.8 Å². The normalized spacial score (nSPS) is 18.4. The number of aromatic nitrogens is 3. The van der Waals surface area contributed by atoms with Crippen molar-refractivity contribution in [1.82, 2.24) is 15.0 Å². The van der Waals surface area contributed by atoms with E-state index in [2.05, 4.69) is 15.0 Å². The highest BCUT2D eigenvalue weighted by molar-refractivity contribution is 6.32. The molecule has 172 valence electrons. The summed E-state index contributed by atoms with van der Waals surface area (Å²) in [6.07, 6.45) is 5.21. The van der Waals surface area contributed by atoms with Crippen LogP contribution < -0.4 is 4.74 Å². The minimum Gasteiger partial charge on any atom is -0.461 e. The summed E-state index contributed by atoms with van der Waals surface area (Å²) >= 11 is 6.38. The van der Waals surface area contributed by atoms with Crippen LogP contribution in [0.2, 0.25) is 5.02 Å². The molecule has 0 bridgehead atoms. The zero-order valence-corrected chi connectivity index (χ0v) is 18.6. The summed E-state index contributed by atoms with van der Waals surface area (Å²) < 4.78 is 31.1. The lowest BCUT2D eigenvalue weighted by Crippen LogP contribution is -2.27. The number of H-pyrrole nitrogens is 1. The van der Waals surface area contributed by atoms with Gasteiger partial charge < -0.3 is 19.9 Å². The van der Waals surface area contributed by atoms with Crippen LogP contribution in [0.15, 0.2) is 47.6 Å². The zero-order chi connectivity index (χ0) is 23.3. The van der Waals surface area contributed by atoms with Gasteiger partial charge in [0, 0.05) is 5.92 Å². The minimum absolute atomic E-state index is 0.0327. The number of hydrogen-bond donors (Lipinski definition) is 3. The van der Waals surface area contributed by atoms with Crippen molar-refractivity contribution in [3.05, 3.63) is 58.3 Å². The monoisotopic (exact) mass is 465 g/mol. The van der Waals surface area contributed by atoms with E-state index in [0.29, 0.717) is 27.5 Å². The molecule has 32 heavy (non-hydrogen) atoms. The Labute approximate surface area is 190 Å². The summed E-state index contributed by atoms with van der Waals surface area (Å²) in [6, 6.07) is 1.98. The van der Waals surface area contributed by atoms with Crippen molar-refractivity contribution in [1.29, 1.82) is 0 Å². The van der Waals surface area contributed by atoms with E-state index >= 15 is 0 Å². The van der Waals surface area contributed by atoms with Gasteiger partial charge in [-0.3, -0.25) is 0 Å². The van der Waals surface area contributed by atoms with Crippen LogP contribution in [0.5, 0.6) is 6.01 Å². The molecule has 3 rings (SSSR count). The summed E-state index contributed by atoms with van der Waals surface area (Å²) in [7, 11) is 0. The first kappa shape index (κ1) is 24.1. The van der Waals surface area contributed by atoms with Gasteiger partial charge in [0.05, 0.1) is 22.8 Å². The van der Waals surface area contributed by atoms with Gasteiger partial charge in [0.2, 0.25) is 0 Å². The SMILES string of the molecule is CCC(CO)=C(C)C=CCOc1nc2nc(C3=CCC(C(O)C(F)F)C=C3)c(Cl)cc2[nH]1. The second-order valence-corrected chi connectivity index (χ2v) is 7.89. The van der Waals surface area contributed by atoms with Gasteiger partial charge in [-0.15, -0.1) is 0 Å².